The number of carbonyl (C=O) groups excluding carboxylic acids is 1. The van der Waals surface area contributed by atoms with Crippen LogP contribution in [0.25, 0.3) is 0 Å². The first-order valence-electron chi connectivity index (χ1n) is 4.73. The highest BCUT2D eigenvalue weighted by atomic mass is 16.5. The van der Waals surface area contributed by atoms with E-state index in [0.717, 1.165) is 11.8 Å². The summed E-state index contributed by atoms with van der Waals surface area (Å²) in [6, 6.07) is 9.80. The largest absolute Gasteiger partial charge is 0.493 e. The van der Waals surface area contributed by atoms with Gasteiger partial charge < -0.3 is 4.74 Å². The number of allylic oxidation sites excluding steroid dienone is 3. The second-order valence-electron chi connectivity index (χ2n) is 3.11. The quantitative estimate of drug-likeness (QED) is 0.317. The molecular formula is C13H14O2. The highest BCUT2D eigenvalue weighted by Crippen LogP contribution is 2.08. The van der Waals surface area contributed by atoms with E-state index in [2.05, 4.69) is 6.58 Å². The van der Waals surface area contributed by atoms with Gasteiger partial charge in [-0.15, -0.1) is 0 Å². The minimum absolute atomic E-state index is 0.470. The molecule has 0 aromatic heterocycles. The van der Waals surface area contributed by atoms with Crippen molar-refractivity contribution in [3.8, 4) is 0 Å². The molecule has 0 atom stereocenters. The summed E-state index contributed by atoms with van der Waals surface area (Å²) in [6.07, 6.45) is 2.24. The number of hydrogen-bond acceptors (Lipinski definition) is 2. The van der Waals surface area contributed by atoms with E-state index in [0.29, 0.717) is 17.9 Å². The Morgan fingerprint density at radius 1 is 1.40 bits per heavy atom. The fourth-order valence-corrected chi connectivity index (χ4v) is 1.12. The number of rotatable bonds is 5. The minimum atomic E-state index is 0.470. The maximum absolute atomic E-state index is 10.6. The molecule has 0 fully saturated rings. The van der Waals surface area contributed by atoms with E-state index in [-0.39, 0.29) is 0 Å². The van der Waals surface area contributed by atoms with Crippen LogP contribution in [0.15, 0.2) is 54.3 Å². The number of aldehydes is 1. The molecule has 1 aromatic rings. The monoisotopic (exact) mass is 202 g/mol. The molecule has 2 heteroatoms. The van der Waals surface area contributed by atoms with Gasteiger partial charge in [-0.05, 0) is 12.5 Å². The maximum Gasteiger partial charge on any atom is 0.153 e. The van der Waals surface area contributed by atoms with Crippen LogP contribution in [0.3, 0.4) is 0 Å². The van der Waals surface area contributed by atoms with Gasteiger partial charge in [0.15, 0.2) is 6.29 Å². The van der Waals surface area contributed by atoms with Crippen molar-refractivity contribution < 1.29 is 9.53 Å². The Labute approximate surface area is 89.9 Å². The van der Waals surface area contributed by atoms with Crippen LogP contribution in [-0.4, -0.2) is 6.29 Å². The number of carbonyl (C=O) groups is 1. The van der Waals surface area contributed by atoms with Crippen LogP contribution in [0.5, 0.6) is 0 Å². The van der Waals surface area contributed by atoms with Crippen LogP contribution in [0.1, 0.15) is 12.5 Å². The smallest absolute Gasteiger partial charge is 0.153 e. The normalized spacial score (nSPS) is 11.5. The topological polar surface area (TPSA) is 26.3 Å². The lowest BCUT2D eigenvalue weighted by Crippen LogP contribution is -1.94. The first kappa shape index (κ1) is 11.2. The molecule has 78 valence electrons. The Morgan fingerprint density at radius 2 is 2.07 bits per heavy atom. The van der Waals surface area contributed by atoms with Gasteiger partial charge in [-0.25, -0.2) is 0 Å². The molecule has 0 amide bonds. The summed E-state index contributed by atoms with van der Waals surface area (Å²) in [4.78, 5) is 10.6. The predicted octanol–water partition coefficient (Wildman–Crippen LogP) is 2.86. The van der Waals surface area contributed by atoms with Crippen molar-refractivity contribution in [2.75, 3.05) is 0 Å². The van der Waals surface area contributed by atoms with E-state index in [1.807, 2.05) is 30.3 Å². The van der Waals surface area contributed by atoms with Crippen LogP contribution in [0.2, 0.25) is 0 Å². The van der Waals surface area contributed by atoms with Gasteiger partial charge in [0.05, 0.1) is 5.57 Å². The van der Waals surface area contributed by atoms with Crippen molar-refractivity contribution in [3.63, 3.8) is 0 Å². The van der Waals surface area contributed by atoms with Crippen molar-refractivity contribution >= 4 is 6.29 Å². The lowest BCUT2D eigenvalue weighted by Gasteiger charge is -2.07. The van der Waals surface area contributed by atoms with Crippen LogP contribution >= 0.6 is 0 Å². The minimum Gasteiger partial charge on any atom is -0.493 e. The molecule has 2 nitrogen and oxygen atoms in total. The van der Waals surface area contributed by atoms with Gasteiger partial charge in [0, 0.05) is 0 Å². The Balaban J connectivity index is 2.61. The van der Waals surface area contributed by atoms with Gasteiger partial charge in [-0.2, -0.15) is 0 Å². The Morgan fingerprint density at radius 3 is 2.60 bits per heavy atom. The number of benzene rings is 1. The predicted molar refractivity (Wildman–Crippen MR) is 60.2 cm³/mol. The highest BCUT2D eigenvalue weighted by molar-refractivity contribution is 5.77. The lowest BCUT2D eigenvalue weighted by atomic mass is 10.2. The third-order valence-corrected chi connectivity index (χ3v) is 2.05. The third kappa shape index (κ3) is 3.43. The van der Waals surface area contributed by atoms with E-state index in [1.54, 1.807) is 6.92 Å². The second kappa shape index (κ2) is 5.81. The summed E-state index contributed by atoms with van der Waals surface area (Å²) >= 11 is 0. The Kier molecular flexibility index (Phi) is 4.35. The zero-order valence-corrected chi connectivity index (χ0v) is 8.77. The molecule has 0 saturated carbocycles. The number of ether oxygens (including phenoxy) is 1. The number of hydrogen-bond donors (Lipinski definition) is 0. The van der Waals surface area contributed by atoms with Gasteiger partial charge in [0.25, 0.3) is 0 Å². The fraction of sp³-hybridized carbons (Fsp3) is 0.154. The molecule has 0 aliphatic rings. The van der Waals surface area contributed by atoms with E-state index in [1.165, 1.54) is 6.08 Å². The summed E-state index contributed by atoms with van der Waals surface area (Å²) < 4.78 is 5.45. The van der Waals surface area contributed by atoms with E-state index in [4.69, 9.17) is 4.74 Å². The molecule has 1 aromatic carbocycles. The summed E-state index contributed by atoms with van der Waals surface area (Å²) in [6.45, 7) is 5.77. The van der Waals surface area contributed by atoms with Gasteiger partial charge >= 0.3 is 0 Å². The standard InChI is InChI=1S/C13H14O2/c1-3-13(9-14)11(2)15-10-12-7-5-4-6-8-12/h3-9H,1,10H2,2H3. The molecule has 15 heavy (non-hydrogen) atoms. The van der Waals surface area contributed by atoms with E-state index in [9.17, 15) is 4.79 Å². The van der Waals surface area contributed by atoms with E-state index < -0.39 is 0 Å². The maximum atomic E-state index is 10.6. The van der Waals surface area contributed by atoms with E-state index >= 15 is 0 Å². The van der Waals surface area contributed by atoms with Crippen molar-refractivity contribution in [2.45, 2.75) is 13.5 Å². The Bertz CT molecular complexity index is 353. The molecule has 0 aliphatic carbocycles. The fourth-order valence-electron chi connectivity index (χ4n) is 1.12. The average molecular weight is 202 g/mol. The average Bonchev–Trinajstić information content (AvgIpc) is 2.29. The second-order valence-corrected chi connectivity index (χ2v) is 3.11. The van der Waals surface area contributed by atoms with Crippen LogP contribution < -0.4 is 0 Å². The highest BCUT2D eigenvalue weighted by Gasteiger charge is 1.98. The van der Waals surface area contributed by atoms with Gasteiger partial charge in [0.1, 0.15) is 12.4 Å². The van der Waals surface area contributed by atoms with Gasteiger partial charge in [-0.1, -0.05) is 43.0 Å². The lowest BCUT2D eigenvalue weighted by molar-refractivity contribution is -0.104. The SMILES string of the molecule is C=CC(C=O)=C(C)OCc1ccccc1. The molecule has 0 bridgehead atoms. The van der Waals surface area contributed by atoms with Crippen molar-refractivity contribution in [1.29, 1.82) is 0 Å². The molecule has 0 spiro atoms. The van der Waals surface area contributed by atoms with Crippen LogP contribution in [-0.2, 0) is 16.1 Å². The molecular weight excluding hydrogens is 188 g/mol. The van der Waals surface area contributed by atoms with Crippen molar-refractivity contribution in [2.24, 2.45) is 0 Å². The zero-order valence-electron chi connectivity index (χ0n) is 8.77. The molecule has 0 heterocycles. The van der Waals surface area contributed by atoms with Crippen LogP contribution in [0.4, 0.5) is 0 Å². The van der Waals surface area contributed by atoms with Crippen molar-refractivity contribution in [3.05, 3.63) is 59.9 Å². The molecule has 0 radical (unpaired) electrons. The molecule has 0 aliphatic heterocycles. The first-order valence-corrected chi connectivity index (χ1v) is 4.73. The molecule has 0 saturated heterocycles. The van der Waals surface area contributed by atoms with Gasteiger partial charge in [-0.3, -0.25) is 4.79 Å². The molecule has 0 unspecified atom stereocenters. The first-order chi connectivity index (χ1) is 7.27. The summed E-state index contributed by atoms with van der Waals surface area (Å²) in [5.74, 6) is 0.601. The third-order valence-electron chi connectivity index (χ3n) is 2.05. The summed E-state index contributed by atoms with van der Waals surface area (Å²) in [7, 11) is 0. The molecule has 1 rings (SSSR count). The molecule has 0 N–H and O–H groups in total. The zero-order chi connectivity index (χ0) is 11.1. The van der Waals surface area contributed by atoms with Gasteiger partial charge in [0.2, 0.25) is 0 Å². The summed E-state index contributed by atoms with van der Waals surface area (Å²) in [5.41, 5.74) is 1.57. The van der Waals surface area contributed by atoms with Crippen LogP contribution in [0, 0.1) is 0 Å². The van der Waals surface area contributed by atoms with Crippen molar-refractivity contribution in [1.82, 2.24) is 0 Å². The Hall–Kier alpha value is -1.83. The summed E-state index contributed by atoms with van der Waals surface area (Å²) in [5, 5.41) is 0.